The molecule has 0 spiro atoms. The van der Waals surface area contributed by atoms with Crippen molar-refractivity contribution in [2.24, 2.45) is 0 Å². The Bertz CT molecular complexity index is 438. The van der Waals surface area contributed by atoms with Gasteiger partial charge in [-0.05, 0) is 6.42 Å². The summed E-state index contributed by atoms with van der Waals surface area (Å²) in [6.45, 7) is 2.24. The van der Waals surface area contributed by atoms with E-state index in [0.29, 0.717) is 29.3 Å². The minimum absolute atomic E-state index is 0. The number of benzene rings is 1. The first-order valence-electron chi connectivity index (χ1n) is 5.69. The molecule has 100 valence electrons. The van der Waals surface area contributed by atoms with Gasteiger partial charge in [0.05, 0.1) is 11.4 Å². The molecule has 0 radical (unpaired) electrons. The van der Waals surface area contributed by atoms with Crippen LogP contribution >= 0.6 is 12.4 Å². The number of carbonyl (C=O) groups excluding carboxylic acids is 1. The number of nitrogens with one attached hydrogen (secondary N) is 1. The second-order valence-corrected chi connectivity index (χ2v) is 3.94. The van der Waals surface area contributed by atoms with Gasteiger partial charge in [0.25, 0.3) is 0 Å². The fourth-order valence-corrected chi connectivity index (χ4v) is 1.62. The first kappa shape index (κ1) is 14.4. The highest BCUT2D eigenvalue weighted by Crippen LogP contribution is 2.38. The van der Waals surface area contributed by atoms with E-state index in [2.05, 4.69) is 5.32 Å². The molecule has 0 saturated carbocycles. The molecule has 0 aromatic heterocycles. The zero-order valence-corrected chi connectivity index (χ0v) is 11.0. The number of fused-ring (bicyclic) bond motifs is 1. The molecule has 0 saturated heterocycles. The molecule has 2 rings (SSSR count). The predicted octanol–water partition coefficient (Wildman–Crippen LogP) is 2.55. The SMILES string of the molecule is CCCCC(=O)Nc1cc2c(cc1N)OCO2.Cl. The number of hydrogen-bond acceptors (Lipinski definition) is 4. The summed E-state index contributed by atoms with van der Waals surface area (Å²) in [5.74, 6) is 1.21. The summed E-state index contributed by atoms with van der Waals surface area (Å²) in [5, 5.41) is 2.78. The Hall–Kier alpha value is -1.62. The van der Waals surface area contributed by atoms with Crippen molar-refractivity contribution in [1.29, 1.82) is 0 Å². The van der Waals surface area contributed by atoms with Gasteiger partial charge in [-0.2, -0.15) is 0 Å². The molecule has 0 aliphatic carbocycles. The normalized spacial score (nSPS) is 11.8. The molecule has 5 nitrogen and oxygen atoms in total. The minimum atomic E-state index is -0.0302. The molecule has 6 heteroatoms. The van der Waals surface area contributed by atoms with Gasteiger partial charge in [-0.1, -0.05) is 13.3 Å². The van der Waals surface area contributed by atoms with Crippen molar-refractivity contribution in [3.63, 3.8) is 0 Å². The zero-order valence-electron chi connectivity index (χ0n) is 10.2. The van der Waals surface area contributed by atoms with Crippen LogP contribution in [-0.4, -0.2) is 12.7 Å². The average Bonchev–Trinajstić information content (AvgIpc) is 2.74. The summed E-state index contributed by atoms with van der Waals surface area (Å²) in [4.78, 5) is 11.6. The summed E-state index contributed by atoms with van der Waals surface area (Å²) >= 11 is 0. The molecule has 1 aromatic carbocycles. The third-order valence-corrected chi connectivity index (χ3v) is 2.58. The molecular weight excluding hydrogens is 256 g/mol. The Kier molecular flexibility index (Phi) is 5.09. The number of unbranched alkanes of at least 4 members (excludes halogenated alkanes) is 1. The van der Waals surface area contributed by atoms with Gasteiger partial charge >= 0.3 is 0 Å². The molecule has 1 aliphatic rings. The maximum atomic E-state index is 11.6. The van der Waals surface area contributed by atoms with Crippen LogP contribution in [0.5, 0.6) is 11.5 Å². The van der Waals surface area contributed by atoms with Crippen molar-refractivity contribution >= 4 is 29.7 Å². The summed E-state index contributed by atoms with van der Waals surface area (Å²) < 4.78 is 10.4. The summed E-state index contributed by atoms with van der Waals surface area (Å²) in [7, 11) is 0. The second kappa shape index (κ2) is 6.35. The Labute approximate surface area is 112 Å². The van der Waals surface area contributed by atoms with Gasteiger partial charge in [0.2, 0.25) is 12.7 Å². The number of carbonyl (C=O) groups is 1. The average molecular weight is 273 g/mol. The number of rotatable bonds is 4. The third-order valence-electron chi connectivity index (χ3n) is 2.58. The molecule has 0 bridgehead atoms. The van der Waals surface area contributed by atoms with E-state index in [1.165, 1.54) is 0 Å². The minimum Gasteiger partial charge on any atom is -0.454 e. The standard InChI is InChI=1S/C12H16N2O3.ClH/c1-2-3-4-12(15)14-9-6-11-10(5-8(9)13)16-7-17-11;/h5-6H,2-4,7,13H2,1H3,(H,14,15);1H. The van der Waals surface area contributed by atoms with E-state index >= 15 is 0 Å². The van der Waals surface area contributed by atoms with Crippen molar-refractivity contribution < 1.29 is 14.3 Å². The highest BCUT2D eigenvalue weighted by atomic mass is 35.5. The van der Waals surface area contributed by atoms with E-state index in [1.54, 1.807) is 12.1 Å². The highest BCUT2D eigenvalue weighted by Gasteiger charge is 2.16. The Morgan fingerprint density at radius 2 is 2.06 bits per heavy atom. The molecule has 1 aromatic rings. The van der Waals surface area contributed by atoms with Gasteiger partial charge in [-0.3, -0.25) is 4.79 Å². The molecule has 18 heavy (non-hydrogen) atoms. The van der Waals surface area contributed by atoms with Gasteiger partial charge in [0, 0.05) is 18.6 Å². The molecule has 0 atom stereocenters. The number of halogens is 1. The van der Waals surface area contributed by atoms with E-state index in [1.807, 2.05) is 6.92 Å². The van der Waals surface area contributed by atoms with Gasteiger partial charge in [0.1, 0.15) is 0 Å². The van der Waals surface area contributed by atoms with Crippen LogP contribution in [0.25, 0.3) is 0 Å². The van der Waals surface area contributed by atoms with Crippen LogP contribution in [0.3, 0.4) is 0 Å². The van der Waals surface area contributed by atoms with Gasteiger partial charge in [-0.25, -0.2) is 0 Å². The van der Waals surface area contributed by atoms with Crippen molar-refractivity contribution in [3.05, 3.63) is 12.1 Å². The van der Waals surface area contributed by atoms with Crippen molar-refractivity contribution in [2.75, 3.05) is 17.8 Å². The van der Waals surface area contributed by atoms with Crippen LogP contribution < -0.4 is 20.5 Å². The summed E-state index contributed by atoms with van der Waals surface area (Å²) in [6, 6.07) is 3.36. The van der Waals surface area contributed by atoms with Crippen LogP contribution in [0.1, 0.15) is 26.2 Å². The maximum absolute atomic E-state index is 11.6. The van der Waals surface area contributed by atoms with E-state index in [9.17, 15) is 4.79 Å². The summed E-state index contributed by atoms with van der Waals surface area (Å²) in [6.07, 6.45) is 2.37. The number of ether oxygens (including phenoxy) is 2. The van der Waals surface area contributed by atoms with Crippen molar-refractivity contribution in [3.8, 4) is 11.5 Å². The number of hydrogen-bond donors (Lipinski definition) is 2. The second-order valence-electron chi connectivity index (χ2n) is 3.94. The smallest absolute Gasteiger partial charge is 0.231 e. The van der Waals surface area contributed by atoms with Gasteiger partial charge in [0.15, 0.2) is 11.5 Å². The molecular formula is C12H17ClN2O3. The lowest BCUT2D eigenvalue weighted by atomic mass is 10.2. The summed E-state index contributed by atoms with van der Waals surface area (Å²) in [5.41, 5.74) is 6.88. The van der Waals surface area contributed by atoms with Crippen molar-refractivity contribution in [2.45, 2.75) is 26.2 Å². The van der Waals surface area contributed by atoms with E-state index in [0.717, 1.165) is 12.8 Å². The quantitative estimate of drug-likeness (QED) is 0.826. The molecule has 1 aliphatic heterocycles. The molecule has 3 N–H and O–H groups in total. The number of nitrogen functional groups attached to an aromatic ring is 1. The number of nitrogens with two attached hydrogens (primary N) is 1. The topological polar surface area (TPSA) is 73.6 Å². The largest absolute Gasteiger partial charge is 0.454 e. The van der Waals surface area contributed by atoms with Crippen LogP contribution in [0, 0.1) is 0 Å². The molecule has 1 heterocycles. The number of amides is 1. The number of anilines is 2. The predicted molar refractivity (Wildman–Crippen MR) is 72.4 cm³/mol. The highest BCUT2D eigenvalue weighted by molar-refractivity contribution is 5.94. The fourth-order valence-electron chi connectivity index (χ4n) is 1.62. The first-order valence-corrected chi connectivity index (χ1v) is 5.69. The van der Waals surface area contributed by atoms with E-state index in [-0.39, 0.29) is 25.1 Å². The lowest BCUT2D eigenvalue weighted by Gasteiger charge is -2.09. The van der Waals surface area contributed by atoms with Crippen LogP contribution in [-0.2, 0) is 4.79 Å². The molecule has 0 fully saturated rings. The lowest BCUT2D eigenvalue weighted by Crippen LogP contribution is -2.12. The lowest BCUT2D eigenvalue weighted by molar-refractivity contribution is -0.116. The van der Waals surface area contributed by atoms with Crippen LogP contribution in [0.2, 0.25) is 0 Å². The Balaban J connectivity index is 0.00000162. The molecule has 0 unspecified atom stereocenters. The van der Waals surface area contributed by atoms with Gasteiger partial charge in [-0.15, -0.1) is 12.4 Å². The van der Waals surface area contributed by atoms with Crippen molar-refractivity contribution in [1.82, 2.24) is 0 Å². The fraction of sp³-hybridized carbons (Fsp3) is 0.417. The Morgan fingerprint density at radius 1 is 1.39 bits per heavy atom. The Morgan fingerprint density at radius 3 is 2.72 bits per heavy atom. The van der Waals surface area contributed by atoms with Crippen LogP contribution in [0.15, 0.2) is 12.1 Å². The zero-order chi connectivity index (χ0) is 12.3. The first-order chi connectivity index (χ1) is 8.20. The van der Waals surface area contributed by atoms with E-state index < -0.39 is 0 Å². The van der Waals surface area contributed by atoms with Gasteiger partial charge < -0.3 is 20.5 Å². The van der Waals surface area contributed by atoms with Crippen LogP contribution in [0.4, 0.5) is 11.4 Å². The third kappa shape index (κ3) is 3.20. The monoisotopic (exact) mass is 272 g/mol. The maximum Gasteiger partial charge on any atom is 0.231 e. The molecule has 1 amide bonds. The van der Waals surface area contributed by atoms with E-state index in [4.69, 9.17) is 15.2 Å².